The summed E-state index contributed by atoms with van der Waals surface area (Å²) in [7, 11) is 3.87. The standard InChI is InChI=1S/C20H26N4OS/c1-13-9-18(14(2)8-16(13)22-12-24(6)7)25-19-15(11-21)17(23-26-19)10-20(3,4)5/h8-9,12H,10H2,1-7H3. The van der Waals surface area contributed by atoms with Gasteiger partial charge in [-0.1, -0.05) is 20.8 Å². The number of hydrogen-bond donors (Lipinski definition) is 0. The van der Waals surface area contributed by atoms with E-state index in [4.69, 9.17) is 4.74 Å². The van der Waals surface area contributed by atoms with Crippen LogP contribution in [0.1, 0.15) is 43.2 Å². The number of aryl methyl sites for hydroxylation is 2. The molecule has 0 spiro atoms. The monoisotopic (exact) mass is 370 g/mol. The summed E-state index contributed by atoms with van der Waals surface area (Å²) in [5.41, 5.74) is 4.30. The lowest BCUT2D eigenvalue weighted by Crippen LogP contribution is -2.10. The van der Waals surface area contributed by atoms with Gasteiger partial charge in [-0.15, -0.1) is 0 Å². The number of benzene rings is 1. The summed E-state index contributed by atoms with van der Waals surface area (Å²) in [4.78, 5) is 6.37. The average molecular weight is 371 g/mol. The fourth-order valence-corrected chi connectivity index (χ4v) is 3.14. The minimum Gasteiger partial charge on any atom is -0.443 e. The first-order valence-corrected chi connectivity index (χ1v) is 9.26. The van der Waals surface area contributed by atoms with Crippen molar-refractivity contribution >= 4 is 23.6 Å². The van der Waals surface area contributed by atoms with Gasteiger partial charge in [-0.05, 0) is 48.9 Å². The van der Waals surface area contributed by atoms with E-state index < -0.39 is 0 Å². The highest BCUT2D eigenvalue weighted by Gasteiger charge is 2.21. The predicted molar refractivity (Wildman–Crippen MR) is 108 cm³/mol. The molecule has 0 atom stereocenters. The molecular weight excluding hydrogens is 344 g/mol. The van der Waals surface area contributed by atoms with Crippen LogP contribution in [0.15, 0.2) is 17.1 Å². The van der Waals surface area contributed by atoms with Crippen LogP contribution in [0.25, 0.3) is 0 Å². The lowest BCUT2D eigenvalue weighted by Gasteiger charge is -2.16. The lowest BCUT2D eigenvalue weighted by molar-refractivity contribution is 0.406. The number of ether oxygens (including phenoxy) is 1. The van der Waals surface area contributed by atoms with E-state index in [1.807, 2.05) is 45.0 Å². The summed E-state index contributed by atoms with van der Waals surface area (Å²) >= 11 is 1.24. The Balaban J connectivity index is 2.32. The molecular formula is C20H26N4OS. The summed E-state index contributed by atoms with van der Waals surface area (Å²) in [5, 5.41) is 10.1. The molecule has 0 bridgehead atoms. The van der Waals surface area contributed by atoms with Gasteiger partial charge >= 0.3 is 0 Å². The van der Waals surface area contributed by atoms with Crippen molar-refractivity contribution in [1.82, 2.24) is 9.27 Å². The largest absolute Gasteiger partial charge is 0.443 e. The Morgan fingerprint density at radius 3 is 2.54 bits per heavy atom. The quantitative estimate of drug-likeness (QED) is 0.534. The summed E-state index contributed by atoms with van der Waals surface area (Å²) < 4.78 is 10.5. The van der Waals surface area contributed by atoms with Gasteiger partial charge in [-0.3, -0.25) is 0 Å². The van der Waals surface area contributed by atoms with Gasteiger partial charge in [0.1, 0.15) is 17.4 Å². The molecule has 0 unspecified atom stereocenters. The van der Waals surface area contributed by atoms with Crippen molar-refractivity contribution in [2.75, 3.05) is 14.1 Å². The molecule has 2 aromatic rings. The second-order valence-electron chi connectivity index (χ2n) is 7.86. The lowest BCUT2D eigenvalue weighted by atomic mass is 9.89. The Labute approximate surface area is 160 Å². The first kappa shape index (κ1) is 19.9. The molecule has 0 radical (unpaired) electrons. The van der Waals surface area contributed by atoms with Crippen LogP contribution < -0.4 is 4.74 Å². The Bertz CT molecular complexity index is 854. The molecule has 1 aromatic heterocycles. The Hall–Kier alpha value is -2.39. The van der Waals surface area contributed by atoms with Crippen LogP contribution in [0.5, 0.6) is 10.8 Å². The van der Waals surface area contributed by atoms with Crippen LogP contribution in [0.3, 0.4) is 0 Å². The molecule has 2 rings (SSSR count). The third-order valence-electron chi connectivity index (χ3n) is 3.66. The fraction of sp³-hybridized carbons (Fsp3) is 0.450. The Kier molecular flexibility index (Phi) is 6.04. The van der Waals surface area contributed by atoms with E-state index >= 15 is 0 Å². The van der Waals surface area contributed by atoms with E-state index in [0.29, 0.717) is 10.6 Å². The molecule has 0 saturated carbocycles. The number of aliphatic imine (C=N–C) groups is 1. The van der Waals surface area contributed by atoms with Crippen LogP contribution in [-0.4, -0.2) is 29.7 Å². The van der Waals surface area contributed by atoms with Crippen molar-refractivity contribution in [2.24, 2.45) is 10.4 Å². The van der Waals surface area contributed by atoms with Crippen molar-refractivity contribution in [1.29, 1.82) is 5.26 Å². The maximum atomic E-state index is 9.57. The first-order chi connectivity index (χ1) is 12.1. The van der Waals surface area contributed by atoms with Crippen LogP contribution in [0, 0.1) is 30.6 Å². The SMILES string of the molecule is Cc1cc(Oc2snc(CC(C)(C)C)c2C#N)c(C)cc1N=CN(C)C. The molecule has 0 saturated heterocycles. The number of hydrogen-bond acceptors (Lipinski definition) is 5. The van der Waals surface area contributed by atoms with Crippen LogP contribution in [-0.2, 0) is 6.42 Å². The molecule has 0 fully saturated rings. The summed E-state index contributed by atoms with van der Waals surface area (Å²) in [6.07, 6.45) is 2.52. The van der Waals surface area contributed by atoms with Crippen molar-refractivity contribution in [3.63, 3.8) is 0 Å². The first-order valence-electron chi connectivity index (χ1n) is 8.49. The third kappa shape index (κ3) is 5.06. The topological polar surface area (TPSA) is 61.5 Å². The third-order valence-corrected chi connectivity index (χ3v) is 4.43. The zero-order valence-electron chi connectivity index (χ0n) is 16.5. The second kappa shape index (κ2) is 7.88. The summed E-state index contributed by atoms with van der Waals surface area (Å²) in [5.74, 6) is 0.730. The Morgan fingerprint density at radius 1 is 1.27 bits per heavy atom. The molecule has 0 aliphatic rings. The zero-order chi connectivity index (χ0) is 19.5. The van der Waals surface area contributed by atoms with E-state index in [1.54, 1.807) is 6.34 Å². The molecule has 26 heavy (non-hydrogen) atoms. The highest BCUT2D eigenvalue weighted by molar-refractivity contribution is 7.08. The predicted octanol–water partition coefficient (Wildman–Crippen LogP) is 5.23. The second-order valence-corrected chi connectivity index (χ2v) is 8.59. The highest BCUT2D eigenvalue weighted by Crippen LogP contribution is 2.37. The Morgan fingerprint density at radius 2 is 1.96 bits per heavy atom. The van der Waals surface area contributed by atoms with Crippen LogP contribution in [0.4, 0.5) is 5.69 Å². The molecule has 0 aliphatic carbocycles. The molecule has 0 N–H and O–H groups in total. The van der Waals surface area contributed by atoms with Crippen molar-refractivity contribution in [3.05, 3.63) is 34.5 Å². The molecule has 0 aliphatic heterocycles. The number of rotatable bonds is 5. The van der Waals surface area contributed by atoms with E-state index in [9.17, 15) is 5.26 Å². The minimum absolute atomic E-state index is 0.0650. The fourth-order valence-electron chi connectivity index (χ4n) is 2.41. The molecule has 0 amide bonds. The van der Waals surface area contributed by atoms with Crippen LogP contribution in [0.2, 0.25) is 0 Å². The average Bonchev–Trinajstić information content (AvgIpc) is 2.88. The van der Waals surface area contributed by atoms with E-state index in [1.165, 1.54) is 11.5 Å². The maximum absolute atomic E-state index is 9.57. The summed E-state index contributed by atoms with van der Waals surface area (Å²) in [6.45, 7) is 10.4. The molecule has 6 heteroatoms. The van der Waals surface area contributed by atoms with Gasteiger partial charge in [0.2, 0.25) is 5.06 Å². The van der Waals surface area contributed by atoms with Gasteiger partial charge in [0, 0.05) is 25.6 Å². The van der Waals surface area contributed by atoms with Crippen molar-refractivity contribution < 1.29 is 4.74 Å². The van der Waals surface area contributed by atoms with Gasteiger partial charge in [-0.2, -0.15) is 9.64 Å². The van der Waals surface area contributed by atoms with Crippen molar-refractivity contribution in [3.8, 4) is 16.9 Å². The van der Waals surface area contributed by atoms with Gasteiger partial charge in [0.15, 0.2) is 0 Å². The normalized spacial score (nSPS) is 11.6. The number of nitriles is 1. The number of aromatic nitrogens is 1. The molecule has 1 aromatic carbocycles. The van der Waals surface area contributed by atoms with Gasteiger partial charge < -0.3 is 9.64 Å². The zero-order valence-corrected chi connectivity index (χ0v) is 17.4. The molecule has 138 valence electrons. The van der Waals surface area contributed by atoms with Crippen molar-refractivity contribution in [2.45, 2.75) is 41.0 Å². The summed E-state index contributed by atoms with van der Waals surface area (Å²) in [6, 6.07) is 6.21. The van der Waals surface area contributed by atoms with Crippen LogP contribution >= 0.6 is 11.5 Å². The molecule has 1 heterocycles. The van der Waals surface area contributed by atoms with Gasteiger partial charge in [-0.25, -0.2) is 4.99 Å². The number of nitrogens with zero attached hydrogens (tertiary/aromatic N) is 4. The van der Waals surface area contributed by atoms with E-state index in [0.717, 1.165) is 34.7 Å². The van der Waals surface area contributed by atoms with E-state index in [2.05, 4.69) is 36.2 Å². The maximum Gasteiger partial charge on any atom is 0.218 e. The molecule has 5 nitrogen and oxygen atoms in total. The minimum atomic E-state index is 0.0650. The smallest absolute Gasteiger partial charge is 0.218 e. The highest BCUT2D eigenvalue weighted by atomic mass is 32.1. The van der Waals surface area contributed by atoms with E-state index in [-0.39, 0.29) is 5.41 Å². The van der Waals surface area contributed by atoms with Gasteiger partial charge in [0.05, 0.1) is 17.7 Å². The van der Waals surface area contributed by atoms with Gasteiger partial charge in [0.25, 0.3) is 0 Å².